The van der Waals surface area contributed by atoms with E-state index in [2.05, 4.69) is 11.9 Å². The maximum absolute atomic E-state index is 12.5. The van der Waals surface area contributed by atoms with Crippen molar-refractivity contribution in [2.75, 3.05) is 31.5 Å². The maximum atomic E-state index is 12.5. The second kappa shape index (κ2) is 6.97. The third-order valence-electron chi connectivity index (χ3n) is 4.42. The summed E-state index contributed by atoms with van der Waals surface area (Å²) in [5, 5.41) is 2.41. The smallest absolute Gasteiger partial charge is 0.253 e. The summed E-state index contributed by atoms with van der Waals surface area (Å²) in [5.74, 6) is -0.447. The molecule has 1 aromatic rings. The highest BCUT2D eigenvalue weighted by Crippen LogP contribution is 2.31. The Bertz CT molecular complexity index is 777. The molecular weight excluding hydrogens is 342 g/mol. The standard InChI is InChI=1S/C17H21N3O4S/c1-2-16(21)18-14-5-3-13(4-6-14)17(22)19-9-11-20(12-10-19)25(23,24)15-7-8-15/h2-6,15H,1,7-12H2,(H,18,21). The van der Waals surface area contributed by atoms with E-state index in [-0.39, 0.29) is 17.1 Å². The number of hydrogen-bond donors (Lipinski definition) is 1. The number of amides is 2. The van der Waals surface area contributed by atoms with Crippen molar-refractivity contribution in [2.45, 2.75) is 18.1 Å². The van der Waals surface area contributed by atoms with Gasteiger partial charge in [0.15, 0.2) is 0 Å². The first kappa shape index (κ1) is 17.6. The minimum absolute atomic E-state index is 0.134. The van der Waals surface area contributed by atoms with E-state index in [9.17, 15) is 18.0 Å². The zero-order chi connectivity index (χ0) is 18.0. The molecule has 0 unspecified atom stereocenters. The number of hydrogen-bond acceptors (Lipinski definition) is 4. The van der Waals surface area contributed by atoms with Crippen LogP contribution in [0.25, 0.3) is 0 Å². The summed E-state index contributed by atoms with van der Waals surface area (Å²) in [6.45, 7) is 4.85. The quantitative estimate of drug-likeness (QED) is 0.793. The van der Waals surface area contributed by atoms with Crippen molar-refractivity contribution in [1.29, 1.82) is 0 Å². The molecule has 2 aliphatic rings. The molecule has 0 bridgehead atoms. The van der Waals surface area contributed by atoms with Crippen molar-refractivity contribution in [3.8, 4) is 0 Å². The van der Waals surface area contributed by atoms with Crippen molar-refractivity contribution < 1.29 is 18.0 Å². The van der Waals surface area contributed by atoms with Crippen LogP contribution in [-0.4, -0.2) is 60.9 Å². The normalized spacial score (nSPS) is 18.6. The van der Waals surface area contributed by atoms with E-state index >= 15 is 0 Å². The molecule has 8 heteroatoms. The van der Waals surface area contributed by atoms with Gasteiger partial charge in [0, 0.05) is 37.4 Å². The number of rotatable bonds is 5. The minimum atomic E-state index is -3.18. The monoisotopic (exact) mass is 363 g/mol. The number of piperazine rings is 1. The van der Waals surface area contributed by atoms with Gasteiger partial charge >= 0.3 is 0 Å². The summed E-state index contributed by atoms with van der Waals surface area (Å²) in [4.78, 5) is 25.5. The third-order valence-corrected chi connectivity index (χ3v) is 6.81. The van der Waals surface area contributed by atoms with Gasteiger partial charge in [0.2, 0.25) is 15.9 Å². The van der Waals surface area contributed by atoms with Crippen LogP contribution in [0.1, 0.15) is 23.2 Å². The molecule has 0 radical (unpaired) electrons. The van der Waals surface area contributed by atoms with Crippen molar-refractivity contribution in [1.82, 2.24) is 9.21 Å². The van der Waals surface area contributed by atoms with Gasteiger partial charge in [0.05, 0.1) is 5.25 Å². The molecule has 0 atom stereocenters. The maximum Gasteiger partial charge on any atom is 0.253 e. The Morgan fingerprint density at radius 2 is 1.68 bits per heavy atom. The fourth-order valence-electron chi connectivity index (χ4n) is 2.79. The fourth-order valence-corrected chi connectivity index (χ4v) is 4.62. The number of anilines is 1. The second-order valence-corrected chi connectivity index (χ2v) is 8.42. The van der Waals surface area contributed by atoms with E-state index in [1.54, 1.807) is 29.2 Å². The molecular formula is C17H21N3O4S. The summed E-state index contributed by atoms with van der Waals surface area (Å²) in [6, 6.07) is 6.60. The molecule has 1 N–H and O–H groups in total. The molecule has 1 aromatic carbocycles. The molecule has 7 nitrogen and oxygen atoms in total. The Labute approximate surface area is 147 Å². The van der Waals surface area contributed by atoms with Gasteiger partial charge in [-0.3, -0.25) is 9.59 Å². The van der Waals surface area contributed by atoms with Crippen molar-refractivity contribution in [2.24, 2.45) is 0 Å². The van der Waals surface area contributed by atoms with Crippen LogP contribution >= 0.6 is 0 Å². The third kappa shape index (κ3) is 3.91. The lowest BCUT2D eigenvalue weighted by Crippen LogP contribution is -2.51. The summed E-state index contributed by atoms with van der Waals surface area (Å²) >= 11 is 0. The average molecular weight is 363 g/mol. The van der Waals surface area contributed by atoms with Crippen LogP contribution in [0.4, 0.5) is 5.69 Å². The van der Waals surface area contributed by atoms with Crippen LogP contribution in [0.15, 0.2) is 36.9 Å². The van der Waals surface area contributed by atoms with Gasteiger partial charge in [-0.05, 0) is 43.2 Å². The zero-order valence-electron chi connectivity index (χ0n) is 13.8. The lowest BCUT2D eigenvalue weighted by atomic mass is 10.1. The highest BCUT2D eigenvalue weighted by atomic mass is 32.2. The summed E-state index contributed by atoms with van der Waals surface area (Å²) in [5.41, 5.74) is 1.09. The second-order valence-electron chi connectivity index (χ2n) is 6.21. The van der Waals surface area contributed by atoms with Crippen LogP contribution in [-0.2, 0) is 14.8 Å². The SMILES string of the molecule is C=CC(=O)Nc1ccc(C(=O)N2CCN(S(=O)(=O)C3CC3)CC2)cc1. The van der Waals surface area contributed by atoms with E-state index in [1.807, 2.05) is 0 Å². The van der Waals surface area contributed by atoms with Crippen molar-refractivity contribution in [3.63, 3.8) is 0 Å². The van der Waals surface area contributed by atoms with E-state index in [0.29, 0.717) is 37.4 Å². The molecule has 2 amide bonds. The number of carbonyl (C=O) groups is 2. The van der Waals surface area contributed by atoms with Gasteiger partial charge in [0.1, 0.15) is 0 Å². The Hall–Kier alpha value is -2.19. The first-order valence-corrected chi connectivity index (χ1v) is 9.74. The van der Waals surface area contributed by atoms with Gasteiger partial charge in [-0.2, -0.15) is 4.31 Å². The summed E-state index contributed by atoms with van der Waals surface area (Å²) in [7, 11) is -3.18. The van der Waals surface area contributed by atoms with Crippen molar-refractivity contribution >= 4 is 27.5 Å². The van der Waals surface area contributed by atoms with E-state index in [4.69, 9.17) is 0 Å². The van der Waals surface area contributed by atoms with Crippen LogP contribution in [0.3, 0.4) is 0 Å². The molecule has 0 aromatic heterocycles. The van der Waals surface area contributed by atoms with Crippen LogP contribution in [0.5, 0.6) is 0 Å². The largest absolute Gasteiger partial charge is 0.336 e. The number of benzene rings is 1. The zero-order valence-corrected chi connectivity index (χ0v) is 14.7. The van der Waals surface area contributed by atoms with Crippen molar-refractivity contribution in [3.05, 3.63) is 42.5 Å². The predicted molar refractivity (Wildman–Crippen MR) is 94.7 cm³/mol. The molecule has 3 rings (SSSR count). The molecule has 134 valence electrons. The Morgan fingerprint density at radius 1 is 1.08 bits per heavy atom. The summed E-state index contributed by atoms with van der Waals surface area (Å²) < 4.78 is 26.0. The predicted octanol–water partition coefficient (Wildman–Crippen LogP) is 1.06. The van der Waals surface area contributed by atoms with E-state index < -0.39 is 10.0 Å². The highest BCUT2D eigenvalue weighted by molar-refractivity contribution is 7.90. The fraction of sp³-hybridized carbons (Fsp3) is 0.412. The molecule has 1 saturated carbocycles. The average Bonchev–Trinajstić information content (AvgIpc) is 3.47. The van der Waals surface area contributed by atoms with Crippen LogP contribution in [0.2, 0.25) is 0 Å². The number of carbonyl (C=O) groups excluding carboxylic acids is 2. The topological polar surface area (TPSA) is 86.8 Å². The number of nitrogens with zero attached hydrogens (tertiary/aromatic N) is 2. The molecule has 1 saturated heterocycles. The first-order chi connectivity index (χ1) is 11.9. The van der Waals surface area contributed by atoms with Crippen LogP contribution in [0, 0.1) is 0 Å². The molecule has 25 heavy (non-hydrogen) atoms. The number of sulfonamides is 1. The minimum Gasteiger partial charge on any atom is -0.336 e. The van der Waals surface area contributed by atoms with E-state index in [0.717, 1.165) is 12.8 Å². The van der Waals surface area contributed by atoms with Crippen LogP contribution < -0.4 is 5.32 Å². The Kier molecular flexibility index (Phi) is 4.91. The molecule has 0 spiro atoms. The highest BCUT2D eigenvalue weighted by Gasteiger charge is 2.41. The lowest BCUT2D eigenvalue weighted by Gasteiger charge is -2.34. The van der Waals surface area contributed by atoms with Gasteiger partial charge in [0.25, 0.3) is 5.91 Å². The molecule has 1 heterocycles. The Morgan fingerprint density at radius 3 is 2.20 bits per heavy atom. The lowest BCUT2D eigenvalue weighted by molar-refractivity contribution is -0.111. The number of nitrogens with one attached hydrogen (secondary N) is 1. The first-order valence-electron chi connectivity index (χ1n) is 8.23. The molecule has 2 fully saturated rings. The van der Waals surface area contributed by atoms with Gasteiger partial charge in [-0.25, -0.2) is 8.42 Å². The van der Waals surface area contributed by atoms with Gasteiger partial charge in [-0.1, -0.05) is 6.58 Å². The molecule has 1 aliphatic carbocycles. The summed E-state index contributed by atoms with van der Waals surface area (Å²) in [6.07, 6.45) is 2.67. The van der Waals surface area contributed by atoms with Gasteiger partial charge < -0.3 is 10.2 Å². The molecule has 1 aliphatic heterocycles. The Balaban J connectivity index is 1.59. The van der Waals surface area contributed by atoms with E-state index in [1.165, 1.54) is 10.4 Å². The van der Waals surface area contributed by atoms with Gasteiger partial charge in [-0.15, -0.1) is 0 Å².